The van der Waals surface area contributed by atoms with E-state index in [1.54, 1.807) is 0 Å². The van der Waals surface area contributed by atoms with Crippen molar-refractivity contribution in [3.05, 3.63) is 64.1 Å². The predicted octanol–water partition coefficient (Wildman–Crippen LogP) is 5.16. The molecule has 0 amide bonds. The van der Waals surface area contributed by atoms with Crippen molar-refractivity contribution < 1.29 is 9.47 Å². The minimum Gasteiger partial charge on any atom is -0.487 e. The van der Waals surface area contributed by atoms with Crippen LogP contribution in [0.5, 0.6) is 5.75 Å². The van der Waals surface area contributed by atoms with Crippen LogP contribution in [0.2, 0.25) is 0 Å². The van der Waals surface area contributed by atoms with Crippen LogP contribution in [-0.2, 0) is 16.9 Å². The number of rotatable bonds is 2. The zero-order valence-electron chi connectivity index (χ0n) is 15.2. The van der Waals surface area contributed by atoms with Crippen molar-refractivity contribution in [1.82, 2.24) is 4.90 Å². The second-order valence-corrected chi connectivity index (χ2v) is 8.63. The lowest BCUT2D eigenvalue weighted by Gasteiger charge is -2.50. The molecule has 0 aromatic heterocycles. The van der Waals surface area contributed by atoms with Gasteiger partial charge in [-0.15, -0.1) is 12.4 Å². The van der Waals surface area contributed by atoms with Crippen molar-refractivity contribution in [3.8, 4) is 5.75 Å². The van der Waals surface area contributed by atoms with Gasteiger partial charge >= 0.3 is 0 Å². The molecule has 5 heteroatoms. The zero-order valence-corrected chi connectivity index (χ0v) is 17.6. The van der Waals surface area contributed by atoms with E-state index < -0.39 is 0 Å². The van der Waals surface area contributed by atoms with E-state index in [1.165, 1.54) is 11.1 Å². The number of morpholine rings is 1. The Morgan fingerprint density at radius 3 is 2.58 bits per heavy atom. The lowest BCUT2D eigenvalue weighted by molar-refractivity contribution is -0.157. The number of benzene rings is 2. The van der Waals surface area contributed by atoms with Crippen molar-refractivity contribution in [2.24, 2.45) is 0 Å². The van der Waals surface area contributed by atoms with Gasteiger partial charge in [0.25, 0.3) is 0 Å². The van der Waals surface area contributed by atoms with E-state index in [4.69, 9.17) is 9.47 Å². The lowest BCUT2D eigenvalue weighted by atomic mass is 9.79. The summed E-state index contributed by atoms with van der Waals surface area (Å²) in [5, 5.41) is 0. The third-order valence-corrected chi connectivity index (χ3v) is 5.59. The fraction of sp³-hybridized carbons (Fsp3) is 0.429. The summed E-state index contributed by atoms with van der Waals surface area (Å²) in [5.41, 5.74) is 2.01. The van der Waals surface area contributed by atoms with Crippen LogP contribution in [0.3, 0.4) is 0 Å². The van der Waals surface area contributed by atoms with Crippen LogP contribution in [0, 0.1) is 0 Å². The molecular formula is C21H25BrClNO2. The van der Waals surface area contributed by atoms with E-state index in [0.717, 1.165) is 42.9 Å². The highest BCUT2D eigenvalue weighted by molar-refractivity contribution is 9.10. The first-order chi connectivity index (χ1) is 12.0. The molecule has 0 N–H and O–H groups in total. The Kier molecular flexibility index (Phi) is 5.69. The average Bonchev–Trinajstić information content (AvgIpc) is 2.56. The number of hydrogen-bond acceptors (Lipinski definition) is 3. The molecule has 0 aliphatic carbocycles. The van der Waals surface area contributed by atoms with Crippen LogP contribution >= 0.6 is 28.3 Å². The number of nitrogens with zero attached hydrogens (tertiary/aromatic N) is 1. The average molecular weight is 439 g/mol. The van der Waals surface area contributed by atoms with Crippen molar-refractivity contribution >= 4 is 28.3 Å². The highest BCUT2D eigenvalue weighted by Gasteiger charge is 2.48. The first-order valence-electron chi connectivity index (χ1n) is 8.85. The molecular weight excluding hydrogens is 414 g/mol. The molecule has 2 aliphatic rings. The Morgan fingerprint density at radius 2 is 1.81 bits per heavy atom. The predicted molar refractivity (Wildman–Crippen MR) is 110 cm³/mol. The molecule has 4 rings (SSSR count). The summed E-state index contributed by atoms with van der Waals surface area (Å²) in [6.45, 7) is 7.86. The van der Waals surface area contributed by atoms with E-state index in [-0.39, 0.29) is 23.6 Å². The normalized spacial score (nSPS) is 24.4. The molecule has 2 aromatic carbocycles. The van der Waals surface area contributed by atoms with Gasteiger partial charge in [0, 0.05) is 36.1 Å². The Hall–Kier alpha value is -1.07. The minimum absolute atomic E-state index is 0. The maximum atomic E-state index is 6.43. The van der Waals surface area contributed by atoms with Gasteiger partial charge in [0.15, 0.2) is 0 Å². The third-order valence-electron chi connectivity index (χ3n) is 5.06. The standard InChI is InChI=1S/C21H24BrNO2.ClH/c1-20(2)14-21(18-5-3-4-6-19(18)25-20)15-23(11-12-24-21)13-16-7-9-17(22)10-8-16;/h3-10H,11-15H2,1-2H3;1H. The molecule has 1 spiro atoms. The summed E-state index contributed by atoms with van der Waals surface area (Å²) >= 11 is 3.51. The highest BCUT2D eigenvalue weighted by Crippen LogP contribution is 2.47. The van der Waals surface area contributed by atoms with E-state index >= 15 is 0 Å². The molecule has 2 heterocycles. The monoisotopic (exact) mass is 437 g/mol. The number of fused-ring (bicyclic) bond motifs is 2. The van der Waals surface area contributed by atoms with E-state index in [0.29, 0.717) is 0 Å². The second kappa shape index (κ2) is 7.51. The van der Waals surface area contributed by atoms with Crippen LogP contribution in [0.4, 0.5) is 0 Å². The van der Waals surface area contributed by atoms with E-state index in [9.17, 15) is 0 Å². The Morgan fingerprint density at radius 1 is 1.08 bits per heavy atom. The molecule has 3 nitrogen and oxygen atoms in total. The zero-order chi connectivity index (χ0) is 17.5. The van der Waals surface area contributed by atoms with Gasteiger partial charge in [-0.1, -0.05) is 46.3 Å². The molecule has 26 heavy (non-hydrogen) atoms. The smallest absolute Gasteiger partial charge is 0.126 e. The number of halogens is 2. The van der Waals surface area contributed by atoms with Crippen molar-refractivity contribution in [2.75, 3.05) is 19.7 Å². The molecule has 1 atom stereocenters. The van der Waals surface area contributed by atoms with E-state index in [1.807, 2.05) is 6.07 Å². The number of ether oxygens (including phenoxy) is 2. The van der Waals surface area contributed by atoms with Crippen LogP contribution < -0.4 is 4.74 Å². The summed E-state index contributed by atoms with van der Waals surface area (Å²) in [6, 6.07) is 16.9. The van der Waals surface area contributed by atoms with Crippen molar-refractivity contribution in [3.63, 3.8) is 0 Å². The molecule has 2 aliphatic heterocycles. The molecule has 0 bridgehead atoms. The quantitative estimate of drug-likeness (QED) is 0.646. The fourth-order valence-electron chi connectivity index (χ4n) is 4.16. The Labute approximate surface area is 170 Å². The highest BCUT2D eigenvalue weighted by atomic mass is 79.9. The van der Waals surface area contributed by atoms with Crippen LogP contribution in [-0.4, -0.2) is 30.2 Å². The van der Waals surface area contributed by atoms with Crippen LogP contribution in [0.25, 0.3) is 0 Å². The van der Waals surface area contributed by atoms with Crippen LogP contribution in [0.15, 0.2) is 53.0 Å². The van der Waals surface area contributed by atoms with Gasteiger partial charge in [-0.2, -0.15) is 0 Å². The van der Waals surface area contributed by atoms with Gasteiger partial charge in [-0.3, -0.25) is 4.90 Å². The van der Waals surface area contributed by atoms with Gasteiger partial charge in [0.2, 0.25) is 0 Å². The van der Waals surface area contributed by atoms with Gasteiger partial charge < -0.3 is 9.47 Å². The lowest BCUT2D eigenvalue weighted by Crippen LogP contribution is -2.55. The SMILES string of the molecule is CC1(C)CC2(CN(Cc3ccc(Br)cc3)CCO2)c2ccccc2O1.Cl. The topological polar surface area (TPSA) is 21.7 Å². The molecule has 1 fully saturated rings. The molecule has 1 unspecified atom stereocenters. The van der Waals surface area contributed by atoms with Crippen LogP contribution in [0.1, 0.15) is 31.4 Å². The first kappa shape index (κ1) is 19.7. The number of hydrogen-bond donors (Lipinski definition) is 0. The Bertz CT molecular complexity index is 765. The van der Waals surface area contributed by atoms with Crippen molar-refractivity contribution in [1.29, 1.82) is 0 Å². The summed E-state index contributed by atoms with van der Waals surface area (Å²) in [5.74, 6) is 0.962. The molecule has 1 saturated heterocycles. The third kappa shape index (κ3) is 3.94. The molecule has 0 radical (unpaired) electrons. The van der Waals surface area contributed by atoms with Gasteiger partial charge in [-0.25, -0.2) is 0 Å². The maximum absolute atomic E-state index is 6.43. The molecule has 140 valence electrons. The molecule has 2 aromatic rings. The summed E-state index contributed by atoms with van der Waals surface area (Å²) in [4.78, 5) is 2.50. The summed E-state index contributed by atoms with van der Waals surface area (Å²) in [6.07, 6.45) is 0.869. The van der Waals surface area contributed by atoms with Gasteiger partial charge in [0.1, 0.15) is 17.0 Å². The Balaban J connectivity index is 0.00000196. The summed E-state index contributed by atoms with van der Waals surface area (Å²) < 4.78 is 13.8. The first-order valence-corrected chi connectivity index (χ1v) is 9.64. The van der Waals surface area contributed by atoms with E-state index in [2.05, 4.69) is 77.1 Å². The van der Waals surface area contributed by atoms with Gasteiger partial charge in [-0.05, 0) is 37.6 Å². The maximum Gasteiger partial charge on any atom is 0.126 e. The minimum atomic E-state index is -0.286. The van der Waals surface area contributed by atoms with Gasteiger partial charge in [0.05, 0.1) is 6.61 Å². The largest absolute Gasteiger partial charge is 0.487 e. The summed E-state index contributed by atoms with van der Waals surface area (Å²) in [7, 11) is 0. The molecule has 0 saturated carbocycles. The van der Waals surface area contributed by atoms with Crippen molar-refractivity contribution in [2.45, 2.75) is 38.0 Å². The number of para-hydroxylation sites is 1. The fourth-order valence-corrected chi connectivity index (χ4v) is 4.42. The second-order valence-electron chi connectivity index (χ2n) is 7.71.